The lowest BCUT2D eigenvalue weighted by atomic mass is 10.1. The molecule has 0 bridgehead atoms. The molecule has 0 fully saturated rings. The average molecular weight is 240 g/mol. The zero-order valence-electron chi connectivity index (χ0n) is 8.77. The Balaban J connectivity index is 3.07. The van der Waals surface area contributed by atoms with Crippen LogP contribution in [0.2, 0.25) is 0 Å². The molecule has 0 saturated carbocycles. The van der Waals surface area contributed by atoms with E-state index in [1.807, 2.05) is 6.92 Å². The normalized spacial score (nSPS) is 10.1. The van der Waals surface area contributed by atoms with Gasteiger partial charge in [0.1, 0.15) is 0 Å². The van der Waals surface area contributed by atoms with Gasteiger partial charge in [0.05, 0.1) is 12.0 Å². The second kappa shape index (κ2) is 5.55. The van der Waals surface area contributed by atoms with Gasteiger partial charge in [-0.1, -0.05) is 6.92 Å². The fourth-order valence-electron chi connectivity index (χ4n) is 1.31. The highest BCUT2D eigenvalue weighted by Gasteiger charge is 2.09. The van der Waals surface area contributed by atoms with Crippen molar-refractivity contribution in [3.05, 3.63) is 29.3 Å². The number of carboxylic acids is 2. The predicted molar refractivity (Wildman–Crippen MR) is 61.1 cm³/mol. The van der Waals surface area contributed by atoms with E-state index in [2.05, 4.69) is 0 Å². The molecule has 0 heterocycles. The molecule has 0 aliphatic heterocycles. The van der Waals surface area contributed by atoms with Gasteiger partial charge >= 0.3 is 11.9 Å². The van der Waals surface area contributed by atoms with Crippen LogP contribution in [0, 0.1) is 0 Å². The van der Waals surface area contributed by atoms with Crippen LogP contribution in [0.15, 0.2) is 23.1 Å². The first kappa shape index (κ1) is 12.6. The highest BCUT2D eigenvalue weighted by atomic mass is 32.2. The Labute approximate surface area is 97.3 Å². The molecule has 0 aromatic heterocycles. The van der Waals surface area contributed by atoms with Gasteiger partial charge in [0.25, 0.3) is 0 Å². The van der Waals surface area contributed by atoms with Crippen LogP contribution in [0.1, 0.15) is 22.8 Å². The van der Waals surface area contributed by atoms with Gasteiger partial charge in [0.15, 0.2) is 0 Å². The number of benzene rings is 1. The molecule has 0 spiro atoms. The average Bonchev–Trinajstić information content (AvgIpc) is 2.16. The van der Waals surface area contributed by atoms with Gasteiger partial charge in [-0.15, -0.1) is 11.8 Å². The molecule has 16 heavy (non-hydrogen) atoms. The van der Waals surface area contributed by atoms with Gasteiger partial charge in [0.2, 0.25) is 0 Å². The minimum absolute atomic E-state index is 0.134. The standard InChI is InChI=1S/C11H12O4S/c1-2-16-9-4-7(5-10(12)13)3-8(6-9)11(14)15/h3-4,6H,2,5H2,1H3,(H,12,13)(H,14,15). The lowest BCUT2D eigenvalue weighted by Crippen LogP contribution is -2.03. The summed E-state index contributed by atoms with van der Waals surface area (Å²) in [6.45, 7) is 1.95. The summed E-state index contributed by atoms with van der Waals surface area (Å²) in [6.07, 6.45) is -0.154. The van der Waals surface area contributed by atoms with E-state index in [0.29, 0.717) is 5.56 Å². The lowest BCUT2D eigenvalue weighted by molar-refractivity contribution is -0.136. The van der Waals surface area contributed by atoms with Crippen LogP contribution in [-0.4, -0.2) is 27.9 Å². The van der Waals surface area contributed by atoms with E-state index in [0.717, 1.165) is 10.6 Å². The van der Waals surface area contributed by atoms with Gasteiger partial charge in [-0.3, -0.25) is 4.79 Å². The minimum Gasteiger partial charge on any atom is -0.481 e. The number of hydrogen-bond donors (Lipinski definition) is 2. The number of aliphatic carboxylic acids is 1. The third-order valence-electron chi connectivity index (χ3n) is 1.88. The van der Waals surface area contributed by atoms with Crippen molar-refractivity contribution in [3.8, 4) is 0 Å². The van der Waals surface area contributed by atoms with Crippen LogP contribution in [0.4, 0.5) is 0 Å². The Kier molecular flexibility index (Phi) is 4.37. The molecule has 0 radical (unpaired) electrons. The van der Waals surface area contributed by atoms with Crippen molar-refractivity contribution >= 4 is 23.7 Å². The fourth-order valence-corrected chi connectivity index (χ4v) is 2.09. The summed E-state index contributed by atoms with van der Waals surface area (Å²) in [4.78, 5) is 22.2. The number of aromatic carboxylic acids is 1. The van der Waals surface area contributed by atoms with Gasteiger partial charge in [0, 0.05) is 4.90 Å². The molecule has 0 atom stereocenters. The number of rotatable bonds is 5. The summed E-state index contributed by atoms with van der Waals surface area (Å²) in [5, 5.41) is 17.5. The number of thioether (sulfide) groups is 1. The summed E-state index contributed by atoms with van der Waals surface area (Å²) in [6, 6.07) is 4.67. The summed E-state index contributed by atoms with van der Waals surface area (Å²) in [5.41, 5.74) is 0.651. The molecular weight excluding hydrogens is 228 g/mol. The van der Waals surface area contributed by atoms with E-state index in [1.165, 1.54) is 17.8 Å². The Hall–Kier alpha value is -1.49. The summed E-state index contributed by atoms with van der Waals surface area (Å²) in [7, 11) is 0. The largest absolute Gasteiger partial charge is 0.481 e. The molecule has 0 saturated heterocycles. The van der Waals surface area contributed by atoms with Crippen molar-refractivity contribution in [1.82, 2.24) is 0 Å². The number of carbonyl (C=O) groups is 2. The number of hydrogen-bond acceptors (Lipinski definition) is 3. The van der Waals surface area contributed by atoms with E-state index >= 15 is 0 Å². The SMILES string of the molecule is CCSc1cc(CC(=O)O)cc(C(=O)O)c1. The highest BCUT2D eigenvalue weighted by Crippen LogP contribution is 2.21. The summed E-state index contributed by atoms with van der Waals surface area (Å²) >= 11 is 1.49. The maximum atomic E-state index is 10.8. The van der Waals surface area contributed by atoms with Gasteiger partial charge in [-0.05, 0) is 29.5 Å². The van der Waals surface area contributed by atoms with Crippen LogP contribution in [-0.2, 0) is 11.2 Å². The first-order valence-corrected chi connectivity index (χ1v) is 5.73. The van der Waals surface area contributed by atoms with E-state index in [1.54, 1.807) is 12.1 Å². The van der Waals surface area contributed by atoms with Crippen LogP contribution >= 0.6 is 11.8 Å². The zero-order chi connectivity index (χ0) is 12.1. The molecule has 0 amide bonds. The van der Waals surface area contributed by atoms with Crippen molar-refractivity contribution in [2.45, 2.75) is 18.2 Å². The monoisotopic (exact) mass is 240 g/mol. The Bertz CT molecular complexity index is 414. The fraction of sp³-hybridized carbons (Fsp3) is 0.273. The van der Waals surface area contributed by atoms with Crippen LogP contribution in [0.25, 0.3) is 0 Å². The maximum Gasteiger partial charge on any atom is 0.335 e. The predicted octanol–water partition coefficient (Wildman–Crippen LogP) is 2.12. The van der Waals surface area contributed by atoms with E-state index in [9.17, 15) is 9.59 Å². The molecular formula is C11H12O4S. The maximum absolute atomic E-state index is 10.8. The van der Waals surface area contributed by atoms with Crippen molar-refractivity contribution < 1.29 is 19.8 Å². The first-order valence-electron chi connectivity index (χ1n) is 4.74. The third kappa shape index (κ3) is 3.58. The summed E-state index contributed by atoms with van der Waals surface area (Å²) < 4.78 is 0. The quantitative estimate of drug-likeness (QED) is 0.771. The van der Waals surface area contributed by atoms with Gasteiger partial charge in [-0.2, -0.15) is 0 Å². The molecule has 86 valence electrons. The third-order valence-corrected chi connectivity index (χ3v) is 2.74. The smallest absolute Gasteiger partial charge is 0.335 e. The molecule has 0 aliphatic rings. The van der Waals surface area contributed by atoms with E-state index in [-0.39, 0.29) is 12.0 Å². The van der Waals surface area contributed by atoms with Crippen molar-refractivity contribution in [3.63, 3.8) is 0 Å². The molecule has 0 aliphatic carbocycles. The number of carboxylic acid groups (broad SMARTS) is 2. The molecule has 4 nitrogen and oxygen atoms in total. The van der Waals surface area contributed by atoms with Crippen molar-refractivity contribution in [2.24, 2.45) is 0 Å². The molecule has 1 rings (SSSR count). The molecule has 5 heteroatoms. The van der Waals surface area contributed by atoms with E-state index in [4.69, 9.17) is 10.2 Å². The summed E-state index contributed by atoms with van der Waals surface area (Å²) in [5.74, 6) is -1.18. The highest BCUT2D eigenvalue weighted by molar-refractivity contribution is 7.99. The zero-order valence-corrected chi connectivity index (χ0v) is 9.58. The van der Waals surface area contributed by atoms with Crippen LogP contribution in [0.5, 0.6) is 0 Å². The molecule has 0 unspecified atom stereocenters. The Morgan fingerprint density at radius 3 is 2.44 bits per heavy atom. The molecule has 1 aromatic carbocycles. The first-order chi connectivity index (χ1) is 7.52. The van der Waals surface area contributed by atoms with E-state index < -0.39 is 11.9 Å². The minimum atomic E-state index is -1.04. The van der Waals surface area contributed by atoms with Gasteiger partial charge < -0.3 is 10.2 Å². The Morgan fingerprint density at radius 2 is 1.94 bits per heavy atom. The van der Waals surface area contributed by atoms with Crippen molar-refractivity contribution in [1.29, 1.82) is 0 Å². The second-order valence-electron chi connectivity index (χ2n) is 3.17. The Morgan fingerprint density at radius 1 is 1.25 bits per heavy atom. The van der Waals surface area contributed by atoms with Gasteiger partial charge in [-0.25, -0.2) is 4.79 Å². The second-order valence-corrected chi connectivity index (χ2v) is 4.51. The molecule has 2 N–H and O–H groups in total. The van der Waals surface area contributed by atoms with Crippen molar-refractivity contribution in [2.75, 3.05) is 5.75 Å². The van der Waals surface area contributed by atoms with Crippen LogP contribution < -0.4 is 0 Å². The van der Waals surface area contributed by atoms with Crippen LogP contribution in [0.3, 0.4) is 0 Å². The lowest BCUT2D eigenvalue weighted by Gasteiger charge is -2.05. The topological polar surface area (TPSA) is 74.6 Å². The molecule has 1 aromatic rings.